The first kappa shape index (κ1) is 10.7. The van der Waals surface area contributed by atoms with Gasteiger partial charge in [0.15, 0.2) is 0 Å². The summed E-state index contributed by atoms with van der Waals surface area (Å²) in [5.41, 5.74) is 0. The summed E-state index contributed by atoms with van der Waals surface area (Å²) >= 11 is -0.633. The summed E-state index contributed by atoms with van der Waals surface area (Å²) in [6, 6.07) is 0. The molecule has 67 valence electrons. The van der Waals surface area contributed by atoms with Crippen LogP contribution < -0.4 is 0 Å². The topological polar surface area (TPSA) is 0 Å². The fourth-order valence-electron chi connectivity index (χ4n) is 1.26. The summed E-state index contributed by atoms with van der Waals surface area (Å²) in [5.74, 6) is 0. The summed E-state index contributed by atoms with van der Waals surface area (Å²) in [6.45, 7) is 14.4. The van der Waals surface area contributed by atoms with Crippen molar-refractivity contribution >= 4 is 0 Å². The summed E-state index contributed by atoms with van der Waals surface area (Å²) in [5, 5.41) is 0. The van der Waals surface area contributed by atoms with Crippen LogP contribution >= 0.6 is 0 Å². The van der Waals surface area contributed by atoms with Gasteiger partial charge in [-0.2, -0.15) is 0 Å². The molecule has 0 saturated carbocycles. The van der Waals surface area contributed by atoms with E-state index in [4.69, 9.17) is 0 Å². The van der Waals surface area contributed by atoms with Gasteiger partial charge >= 0.3 is 71.8 Å². The van der Waals surface area contributed by atoms with Gasteiger partial charge < -0.3 is 0 Å². The van der Waals surface area contributed by atoms with Crippen LogP contribution in [0.4, 0.5) is 0 Å². The molecule has 0 nitrogen and oxygen atoms in total. The molecule has 0 unspecified atom stereocenters. The summed E-state index contributed by atoms with van der Waals surface area (Å²) in [7, 11) is 0. The molecule has 0 aliphatic heterocycles. The van der Waals surface area contributed by atoms with Crippen LogP contribution in [-0.4, -0.2) is 0 Å². The third kappa shape index (κ3) is 3.19. The van der Waals surface area contributed by atoms with Crippen LogP contribution in [0.25, 0.3) is 0 Å². The molecular weight excluding hydrogens is 303 g/mol. The predicted octanol–water partition coefficient (Wildman–Crippen LogP) is 4.09. The monoisotopic (exact) mass is 324 g/mol. The molecule has 0 aliphatic rings. The van der Waals surface area contributed by atoms with Gasteiger partial charge in [-0.15, -0.1) is 0 Å². The summed E-state index contributed by atoms with van der Waals surface area (Å²) in [6.07, 6.45) is 0. The molecule has 0 N–H and O–H groups in total. The second-order valence-electron chi connectivity index (χ2n) is 3.14. The quantitative estimate of drug-likeness (QED) is 0.733. The molecule has 0 rings (SSSR count). The molecule has 0 aromatic carbocycles. The van der Waals surface area contributed by atoms with E-state index in [0.717, 1.165) is 12.9 Å². The van der Waals surface area contributed by atoms with E-state index >= 15 is 0 Å². The van der Waals surface area contributed by atoms with Crippen LogP contribution in [0.3, 0.4) is 0 Å². The third-order valence-corrected chi connectivity index (χ3v) is 10.4. The molecule has 0 saturated heterocycles. The minimum atomic E-state index is -0.633. The van der Waals surface area contributed by atoms with Gasteiger partial charge in [-0.1, -0.05) is 0 Å². The van der Waals surface area contributed by atoms with Crippen LogP contribution in [0.15, 0.2) is 0 Å². The Morgan fingerprint density at radius 3 is 0.800 bits per heavy atom. The Morgan fingerprint density at radius 2 is 0.800 bits per heavy atom. The fraction of sp³-hybridized carbons (Fsp3) is 1.00. The molecule has 0 aromatic rings. The normalized spacial score (nSPS) is 13.5. The molecule has 0 aromatic heterocycles. The predicted molar refractivity (Wildman–Crippen MR) is 45.3 cm³/mol. The molecule has 0 amide bonds. The first-order chi connectivity index (χ1) is 4.46. The second kappa shape index (κ2) is 4.54. The van der Waals surface area contributed by atoms with Crippen molar-refractivity contribution < 1.29 is 17.3 Å². The van der Waals surface area contributed by atoms with Gasteiger partial charge in [-0.25, -0.2) is 0 Å². The molecule has 0 heterocycles. The Labute approximate surface area is 72.0 Å². The van der Waals surface area contributed by atoms with Crippen molar-refractivity contribution in [1.82, 2.24) is 0 Å². The van der Waals surface area contributed by atoms with E-state index in [-0.39, 0.29) is 0 Å². The molecule has 0 aliphatic carbocycles. The standard InChI is InChI=1S/3C3H7.Pt/c3*1-3-2;/h3*3H,1-2H3;. The summed E-state index contributed by atoms with van der Waals surface area (Å²) < 4.78 is 2.97. The average molecular weight is 324 g/mol. The van der Waals surface area contributed by atoms with Crippen molar-refractivity contribution in [2.24, 2.45) is 0 Å². The maximum atomic E-state index is 2.39. The first-order valence-electron chi connectivity index (χ1n) is 4.01. The Morgan fingerprint density at radius 1 is 0.600 bits per heavy atom. The Bertz CT molecular complexity index is 65.7. The van der Waals surface area contributed by atoms with E-state index in [1.807, 2.05) is 0 Å². The molecule has 0 bridgehead atoms. The zero-order valence-electron chi connectivity index (χ0n) is 8.05. The van der Waals surface area contributed by atoms with E-state index in [1.54, 1.807) is 0 Å². The minimum absolute atomic E-state index is 0.633. The van der Waals surface area contributed by atoms with E-state index in [1.165, 1.54) is 0 Å². The van der Waals surface area contributed by atoms with Crippen molar-refractivity contribution in [3.8, 4) is 0 Å². The van der Waals surface area contributed by atoms with Gasteiger partial charge in [0.25, 0.3) is 0 Å². The molecule has 0 atom stereocenters. The Hall–Kier alpha value is 0.688. The SMILES string of the molecule is C[CH](C)[Pt]([CH](C)C)[CH](C)C. The van der Waals surface area contributed by atoms with E-state index < -0.39 is 17.3 Å². The van der Waals surface area contributed by atoms with Gasteiger partial charge in [0, 0.05) is 0 Å². The van der Waals surface area contributed by atoms with Crippen LogP contribution in [0.5, 0.6) is 0 Å². The van der Waals surface area contributed by atoms with Gasteiger partial charge in [0.1, 0.15) is 0 Å². The van der Waals surface area contributed by atoms with Gasteiger partial charge in [-0.05, 0) is 0 Å². The second-order valence-corrected chi connectivity index (χ2v) is 13.3. The molecule has 0 fully saturated rings. The van der Waals surface area contributed by atoms with Crippen LogP contribution in [0.1, 0.15) is 41.5 Å². The van der Waals surface area contributed by atoms with Crippen LogP contribution in [0.2, 0.25) is 12.9 Å². The van der Waals surface area contributed by atoms with Crippen molar-refractivity contribution in [2.45, 2.75) is 54.5 Å². The molecule has 0 radical (unpaired) electrons. The third-order valence-electron chi connectivity index (χ3n) is 1.26. The maximum absolute atomic E-state index is 2.39. The molecule has 0 spiro atoms. The van der Waals surface area contributed by atoms with E-state index in [2.05, 4.69) is 41.5 Å². The van der Waals surface area contributed by atoms with Gasteiger partial charge in [-0.3, -0.25) is 0 Å². The van der Waals surface area contributed by atoms with Crippen molar-refractivity contribution in [1.29, 1.82) is 0 Å². The number of rotatable bonds is 3. The first-order valence-corrected chi connectivity index (χ1v) is 7.95. The van der Waals surface area contributed by atoms with Gasteiger partial charge in [0.2, 0.25) is 0 Å². The zero-order valence-corrected chi connectivity index (χ0v) is 10.3. The summed E-state index contributed by atoms with van der Waals surface area (Å²) in [4.78, 5) is 0. The Balaban J connectivity index is 3.98. The van der Waals surface area contributed by atoms with Crippen molar-refractivity contribution in [2.75, 3.05) is 0 Å². The van der Waals surface area contributed by atoms with Crippen LogP contribution in [-0.2, 0) is 17.3 Å². The van der Waals surface area contributed by atoms with Crippen molar-refractivity contribution in [3.05, 3.63) is 0 Å². The number of hydrogen-bond acceptors (Lipinski definition) is 0. The Kier molecular flexibility index (Phi) is 4.86. The van der Waals surface area contributed by atoms with E-state index in [9.17, 15) is 0 Å². The number of hydrogen-bond donors (Lipinski definition) is 0. The van der Waals surface area contributed by atoms with E-state index in [0.29, 0.717) is 0 Å². The average Bonchev–Trinajstić information content (AvgIpc) is 1.59. The molecule has 10 heavy (non-hydrogen) atoms. The van der Waals surface area contributed by atoms with Gasteiger partial charge in [0.05, 0.1) is 0 Å². The fourth-order valence-corrected chi connectivity index (χ4v) is 10.4. The molecular formula is C9H21Pt. The van der Waals surface area contributed by atoms with Crippen molar-refractivity contribution in [3.63, 3.8) is 0 Å². The zero-order chi connectivity index (χ0) is 8.31. The van der Waals surface area contributed by atoms with Crippen LogP contribution in [0, 0.1) is 0 Å². The molecule has 1 heteroatoms.